The predicted octanol–water partition coefficient (Wildman–Crippen LogP) is 1.93. The van der Waals surface area contributed by atoms with Crippen molar-refractivity contribution in [1.29, 1.82) is 0 Å². The normalized spacial score (nSPS) is 29.1. The fraction of sp³-hybridized carbons (Fsp3) is 0.769. The van der Waals surface area contributed by atoms with Crippen LogP contribution in [0, 0.1) is 5.41 Å². The molecular weight excluding hydrogens is 200 g/mol. The zero-order valence-corrected chi connectivity index (χ0v) is 10.8. The van der Waals surface area contributed by atoms with Crippen LogP contribution in [0.4, 0.5) is 0 Å². The van der Waals surface area contributed by atoms with Gasteiger partial charge in [-0.05, 0) is 33.6 Å². The Morgan fingerprint density at radius 2 is 2.25 bits per heavy atom. The van der Waals surface area contributed by atoms with Gasteiger partial charge in [-0.1, -0.05) is 18.6 Å². The van der Waals surface area contributed by atoms with Crippen molar-refractivity contribution in [3.05, 3.63) is 12.2 Å². The lowest BCUT2D eigenvalue weighted by atomic mass is 9.83. The summed E-state index contributed by atoms with van der Waals surface area (Å²) in [6, 6.07) is 0.0131. The van der Waals surface area contributed by atoms with Gasteiger partial charge in [-0.25, -0.2) is 0 Å². The Hall–Kier alpha value is -0.830. The summed E-state index contributed by atoms with van der Waals surface area (Å²) in [5.41, 5.74) is 6.73. The van der Waals surface area contributed by atoms with Crippen LogP contribution in [0.2, 0.25) is 0 Å². The highest BCUT2D eigenvalue weighted by Crippen LogP contribution is 2.38. The van der Waals surface area contributed by atoms with Gasteiger partial charge in [-0.3, -0.25) is 4.79 Å². The van der Waals surface area contributed by atoms with Crippen LogP contribution >= 0.6 is 0 Å². The van der Waals surface area contributed by atoms with E-state index in [0.29, 0.717) is 6.54 Å². The second-order valence-corrected chi connectivity index (χ2v) is 5.19. The first kappa shape index (κ1) is 13.2. The van der Waals surface area contributed by atoms with Gasteiger partial charge >= 0.3 is 0 Å². The highest BCUT2D eigenvalue weighted by molar-refractivity contribution is 5.83. The molecule has 3 heteroatoms. The van der Waals surface area contributed by atoms with Crippen molar-refractivity contribution in [3.8, 4) is 0 Å². The Morgan fingerprint density at radius 1 is 1.62 bits per heavy atom. The summed E-state index contributed by atoms with van der Waals surface area (Å²) in [6.07, 6.45) is 2.95. The molecule has 0 heterocycles. The summed E-state index contributed by atoms with van der Waals surface area (Å²) in [6.45, 7) is 11.2. The van der Waals surface area contributed by atoms with Crippen molar-refractivity contribution >= 4 is 5.91 Å². The van der Waals surface area contributed by atoms with Crippen molar-refractivity contribution in [2.45, 2.75) is 46.1 Å². The highest BCUT2D eigenvalue weighted by Gasteiger charge is 2.44. The molecular formula is C13H24N2O. The molecule has 0 spiro atoms. The smallest absolute Gasteiger partial charge is 0.230 e. The summed E-state index contributed by atoms with van der Waals surface area (Å²) in [5, 5.41) is 0. The van der Waals surface area contributed by atoms with Crippen molar-refractivity contribution in [1.82, 2.24) is 4.90 Å². The number of likely N-dealkylation sites (N-methyl/N-ethyl adjacent to an activating group) is 1. The number of amides is 1. The average Bonchev–Trinajstić information content (AvgIpc) is 2.56. The molecule has 0 aromatic carbocycles. The molecule has 3 nitrogen and oxygen atoms in total. The molecule has 1 aliphatic rings. The second kappa shape index (κ2) is 5.00. The molecule has 0 aromatic rings. The molecule has 16 heavy (non-hydrogen) atoms. The molecule has 1 amide bonds. The van der Waals surface area contributed by atoms with Gasteiger partial charge in [0.15, 0.2) is 0 Å². The topological polar surface area (TPSA) is 46.3 Å². The van der Waals surface area contributed by atoms with E-state index < -0.39 is 0 Å². The van der Waals surface area contributed by atoms with E-state index in [-0.39, 0.29) is 17.4 Å². The first-order valence-electron chi connectivity index (χ1n) is 6.11. The Morgan fingerprint density at radius 3 is 2.62 bits per heavy atom. The number of hydrogen-bond donors (Lipinski definition) is 1. The molecule has 2 N–H and O–H groups in total. The SMILES string of the molecule is C=C(C)CN(CC)C(=O)C1(C)CCCC1N. The highest BCUT2D eigenvalue weighted by atomic mass is 16.2. The minimum atomic E-state index is -0.356. The van der Waals surface area contributed by atoms with Crippen LogP contribution in [0.3, 0.4) is 0 Å². The number of nitrogens with two attached hydrogens (primary N) is 1. The molecule has 0 radical (unpaired) electrons. The summed E-state index contributed by atoms with van der Waals surface area (Å²) in [5.74, 6) is 0.197. The minimum Gasteiger partial charge on any atom is -0.338 e. The van der Waals surface area contributed by atoms with Crippen LogP contribution < -0.4 is 5.73 Å². The fourth-order valence-electron chi connectivity index (χ4n) is 2.47. The Labute approximate surface area is 98.7 Å². The van der Waals surface area contributed by atoms with E-state index in [0.717, 1.165) is 31.4 Å². The van der Waals surface area contributed by atoms with Gasteiger partial charge in [0.05, 0.1) is 5.41 Å². The molecule has 0 aromatic heterocycles. The van der Waals surface area contributed by atoms with E-state index in [1.165, 1.54) is 0 Å². The van der Waals surface area contributed by atoms with Crippen molar-refractivity contribution in [3.63, 3.8) is 0 Å². The number of carbonyl (C=O) groups is 1. The van der Waals surface area contributed by atoms with Gasteiger partial charge in [-0.15, -0.1) is 0 Å². The maximum atomic E-state index is 12.4. The van der Waals surface area contributed by atoms with Crippen molar-refractivity contribution in [2.24, 2.45) is 11.1 Å². The van der Waals surface area contributed by atoms with Crippen molar-refractivity contribution in [2.75, 3.05) is 13.1 Å². The van der Waals surface area contributed by atoms with Crippen LogP contribution in [0.15, 0.2) is 12.2 Å². The molecule has 2 unspecified atom stereocenters. The number of carbonyl (C=O) groups excluding carboxylic acids is 1. The summed E-state index contributed by atoms with van der Waals surface area (Å²) < 4.78 is 0. The quantitative estimate of drug-likeness (QED) is 0.742. The molecule has 1 fully saturated rings. The average molecular weight is 224 g/mol. The van der Waals surface area contributed by atoms with Crippen LogP contribution in [0.1, 0.15) is 40.0 Å². The van der Waals surface area contributed by atoms with Crippen molar-refractivity contribution < 1.29 is 4.79 Å². The summed E-state index contributed by atoms with van der Waals surface area (Å²) in [4.78, 5) is 14.3. The van der Waals surface area contributed by atoms with Gasteiger partial charge in [0.25, 0.3) is 0 Å². The summed E-state index contributed by atoms with van der Waals surface area (Å²) >= 11 is 0. The van der Waals surface area contributed by atoms with E-state index >= 15 is 0 Å². The van der Waals surface area contributed by atoms with E-state index in [9.17, 15) is 4.79 Å². The molecule has 0 saturated heterocycles. The Bertz CT molecular complexity index is 288. The maximum Gasteiger partial charge on any atom is 0.230 e. The van der Waals surface area contributed by atoms with E-state index in [2.05, 4.69) is 6.58 Å². The van der Waals surface area contributed by atoms with Crippen LogP contribution in [-0.2, 0) is 4.79 Å². The van der Waals surface area contributed by atoms with Crippen LogP contribution in [-0.4, -0.2) is 29.9 Å². The van der Waals surface area contributed by atoms with E-state index in [4.69, 9.17) is 5.73 Å². The lowest BCUT2D eigenvalue weighted by Gasteiger charge is -2.34. The Kier molecular flexibility index (Phi) is 4.14. The largest absolute Gasteiger partial charge is 0.338 e. The predicted molar refractivity (Wildman–Crippen MR) is 67.0 cm³/mol. The number of nitrogens with zero attached hydrogens (tertiary/aromatic N) is 1. The van der Waals surface area contributed by atoms with Gasteiger partial charge in [0.2, 0.25) is 5.91 Å². The van der Waals surface area contributed by atoms with Gasteiger partial charge in [0, 0.05) is 19.1 Å². The molecule has 1 aliphatic carbocycles. The molecule has 2 atom stereocenters. The second-order valence-electron chi connectivity index (χ2n) is 5.19. The minimum absolute atomic E-state index is 0.0131. The Balaban J connectivity index is 2.78. The molecule has 1 rings (SSSR count). The lowest BCUT2D eigenvalue weighted by Crippen LogP contribution is -2.49. The zero-order valence-electron chi connectivity index (χ0n) is 10.8. The third-order valence-corrected chi connectivity index (χ3v) is 3.65. The zero-order chi connectivity index (χ0) is 12.3. The molecule has 1 saturated carbocycles. The number of rotatable bonds is 4. The third-order valence-electron chi connectivity index (χ3n) is 3.65. The first-order valence-corrected chi connectivity index (χ1v) is 6.11. The van der Waals surface area contributed by atoms with Crippen LogP contribution in [0.25, 0.3) is 0 Å². The molecule has 0 bridgehead atoms. The van der Waals surface area contributed by atoms with Gasteiger partial charge in [0.1, 0.15) is 0 Å². The third kappa shape index (κ3) is 2.46. The first-order chi connectivity index (χ1) is 7.41. The van der Waals surface area contributed by atoms with E-state index in [1.807, 2.05) is 25.7 Å². The summed E-state index contributed by atoms with van der Waals surface area (Å²) in [7, 11) is 0. The fourth-order valence-corrected chi connectivity index (χ4v) is 2.47. The van der Waals surface area contributed by atoms with E-state index in [1.54, 1.807) is 0 Å². The van der Waals surface area contributed by atoms with Gasteiger partial charge < -0.3 is 10.6 Å². The molecule has 0 aliphatic heterocycles. The maximum absolute atomic E-state index is 12.4. The monoisotopic (exact) mass is 224 g/mol. The number of hydrogen-bond acceptors (Lipinski definition) is 2. The lowest BCUT2D eigenvalue weighted by molar-refractivity contribution is -0.141. The molecule has 92 valence electrons. The van der Waals surface area contributed by atoms with Gasteiger partial charge in [-0.2, -0.15) is 0 Å². The van der Waals surface area contributed by atoms with Crippen LogP contribution in [0.5, 0.6) is 0 Å². The standard InChI is InChI=1S/C13H24N2O/c1-5-15(9-10(2)3)12(16)13(4)8-6-7-11(13)14/h11H,2,5-9,14H2,1,3-4H3.